The Balaban J connectivity index is -0.00000000533. The molecule has 0 amide bonds. The molecule has 11 N–H and O–H groups in total. The zero-order chi connectivity index (χ0) is 4.50. The molecule has 0 saturated heterocycles. The predicted octanol–water partition coefficient (Wildman–Crippen LogP) is -8.11. The van der Waals surface area contributed by atoms with E-state index in [0.29, 0.717) is 0 Å². The number of hydrogen-bond donors (Lipinski definition) is 1. The van der Waals surface area contributed by atoms with Crippen LogP contribution in [0.3, 0.4) is 0 Å². The van der Waals surface area contributed by atoms with Crippen LogP contribution in [0.15, 0.2) is 0 Å². The molecule has 0 spiro atoms. The van der Waals surface area contributed by atoms with Crippen molar-refractivity contribution in [2.45, 2.75) is 0 Å². The van der Waals surface area contributed by atoms with Crippen molar-refractivity contribution in [1.29, 1.82) is 0 Å². The molecule has 0 bridgehead atoms. The van der Waals surface area contributed by atoms with E-state index in [-0.39, 0.29) is 56.9 Å². The first kappa shape index (κ1) is 60.9. The average Bonchev–Trinajstić information content (AvgIpc) is 0.722. The molecule has 0 aromatic rings. The minimum atomic E-state index is -4.92. The largest absolute Gasteiger partial charge is 1.00 e. The van der Waals surface area contributed by atoms with Crippen LogP contribution >= 0.6 is 0 Å². The van der Waals surface area contributed by atoms with Crippen LogP contribution in [0.1, 0.15) is 0 Å². The Bertz CT molecular complexity index is 92.7. The Kier molecular flexibility index (Phi) is 124. The Labute approximate surface area is 84.8 Å². The SMILES string of the molecule is O.O.O.O.O.O=S(=O)([O-])O.[Na+]. The van der Waals surface area contributed by atoms with Crippen molar-refractivity contribution in [3.05, 3.63) is 0 Å². The normalized spacial score (nSPS) is 5.27. The van der Waals surface area contributed by atoms with E-state index in [1.165, 1.54) is 0 Å². The maximum atomic E-state index is 8.63. The maximum absolute atomic E-state index is 8.63. The Morgan fingerprint density at radius 1 is 0.909 bits per heavy atom. The molecular weight excluding hydrogens is 199 g/mol. The molecule has 0 aromatic carbocycles. The summed E-state index contributed by atoms with van der Waals surface area (Å²) < 4.78 is 32.8. The summed E-state index contributed by atoms with van der Waals surface area (Å²) in [6.07, 6.45) is 0. The minimum Gasteiger partial charge on any atom is -0.726 e. The van der Waals surface area contributed by atoms with Gasteiger partial charge in [-0.3, -0.25) is 4.55 Å². The number of hydrogen-bond acceptors (Lipinski definition) is 3. The second-order valence-electron chi connectivity index (χ2n) is 0.428. The van der Waals surface area contributed by atoms with Crippen LogP contribution in [0.2, 0.25) is 0 Å². The molecule has 11 heteroatoms. The fourth-order valence-corrected chi connectivity index (χ4v) is 0. The zero-order valence-electron chi connectivity index (χ0n) is 5.58. The average molecular weight is 210 g/mol. The molecule has 0 aromatic heterocycles. The molecule has 0 rings (SSSR count). The molecule has 0 heterocycles. The summed E-state index contributed by atoms with van der Waals surface area (Å²) in [5.41, 5.74) is 0. The van der Waals surface area contributed by atoms with Gasteiger partial charge in [0.25, 0.3) is 0 Å². The van der Waals surface area contributed by atoms with Gasteiger partial charge in [-0.1, -0.05) is 0 Å². The van der Waals surface area contributed by atoms with Crippen LogP contribution in [0.4, 0.5) is 0 Å². The van der Waals surface area contributed by atoms with E-state index in [4.69, 9.17) is 17.5 Å². The van der Waals surface area contributed by atoms with E-state index >= 15 is 0 Å². The summed E-state index contributed by atoms with van der Waals surface area (Å²) in [5, 5.41) is 0. The molecule has 0 unspecified atom stereocenters. The van der Waals surface area contributed by atoms with Crippen LogP contribution in [0.5, 0.6) is 0 Å². The summed E-state index contributed by atoms with van der Waals surface area (Å²) >= 11 is 0. The Morgan fingerprint density at radius 2 is 0.909 bits per heavy atom. The molecule has 0 aliphatic heterocycles. The molecule has 72 valence electrons. The van der Waals surface area contributed by atoms with Crippen molar-refractivity contribution in [2.24, 2.45) is 0 Å². The van der Waals surface area contributed by atoms with Crippen LogP contribution in [0, 0.1) is 0 Å². The monoisotopic (exact) mass is 210 g/mol. The molecule has 0 radical (unpaired) electrons. The van der Waals surface area contributed by atoms with Gasteiger partial charge in [-0.2, -0.15) is 0 Å². The summed E-state index contributed by atoms with van der Waals surface area (Å²) in [4.78, 5) is 0. The van der Waals surface area contributed by atoms with Gasteiger partial charge in [-0.25, -0.2) is 8.42 Å². The van der Waals surface area contributed by atoms with E-state index < -0.39 is 10.4 Å². The fraction of sp³-hybridized carbons (Fsp3) is 0. The number of rotatable bonds is 0. The van der Waals surface area contributed by atoms with E-state index in [1.54, 1.807) is 0 Å². The van der Waals surface area contributed by atoms with Gasteiger partial charge in [0.2, 0.25) is 10.4 Å². The van der Waals surface area contributed by atoms with E-state index in [9.17, 15) is 0 Å². The zero-order valence-corrected chi connectivity index (χ0v) is 8.40. The smallest absolute Gasteiger partial charge is 0.726 e. The third kappa shape index (κ3) is 1790. The van der Waals surface area contributed by atoms with E-state index in [2.05, 4.69) is 0 Å². The van der Waals surface area contributed by atoms with E-state index in [1.807, 2.05) is 0 Å². The molecule has 11 heavy (non-hydrogen) atoms. The van der Waals surface area contributed by atoms with Gasteiger partial charge in [0.15, 0.2) is 0 Å². The van der Waals surface area contributed by atoms with Gasteiger partial charge < -0.3 is 31.9 Å². The van der Waals surface area contributed by atoms with Gasteiger partial charge in [-0.15, -0.1) is 0 Å². The summed E-state index contributed by atoms with van der Waals surface area (Å²) in [5.74, 6) is 0. The molecular formula is H11NaO9S. The quantitative estimate of drug-likeness (QED) is 0.232. The summed E-state index contributed by atoms with van der Waals surface area (Å²) in [7, 11) is -4.92. The van der Waals surface area contributed by atoms with Gasteiger partial charge in [0, 0.05) is 0 Å². The van der Waals surface area contributed by atoms with Crippen molar-refractivity contribution in [2.75, 3.05) is 0 Å². The summed E-state index contributed by atoms with van der Waals surface area (Å²) in [6.45, 7) is 0. The van der Waals surface area contributed by atoms with Crippen molar-refractivity contribution in [1.82, 2.24) is 0 Å². The molecule has 0 aliphatic rings. The molecule has 0 fully saturated rings. The first-order chi connectivity index (χ1) is 2.00. The standard InChI is InChI=1S/Na.H2O4S.5H2O/c;1-5(2,3)4;;;;;/h;(H2,1,2,3,4);5*1H2/q+1;;;;;;/p-1. The van der Waals surface area contributed by atoms with Gasteiger partial charge in [0.1, 0.15) is 0 Å². The maximum Gasteiger partial charge on any atom is 1.00 e. The Morgan fingerprint density at radius 3 is 0.909 bits per heavy atom. The van der Waals surface area contributed by atoms with E-state index in [0.717, 1.165) is 0 Å². The van der Waals surface area contributed by atoms with Crippen LogP contribution in [-0.2, 0) is 10.4 Å². The topological polar surface area (TPSA) is 235 Å². The third-order valence-corrected chi connectivity index (χ3v) is 0. The molecule has 0 saturated carbocycles. The predicted molar refractivity (Wildman–Crippen MR) is 30.4 cm³/mol. The van der Waals surface area contributed by atoms with Gasteiger partial charge >= 0.3 is 29.6 Å². The fourth-order valence-electron chi connectivity index (χ4n) is 0. The van der Waals surface area contributed by atoms with Crippen molar-refractivity contribution in [3.8, 4) is 0 Å². The van der Waals surface area contributed by atoms with Gasteiger partial charge in [-0.05, 0) is 0 Å². The first-order valence-corrected chi connectivity index (χ1v) is 2.05. The molecule has 0 atom stereocenters. The first-order valence-electron chi connectivity index (χ1n) is 0.683. The minimum absolute atomic E-state index is 0. The van der Waals surface area contributed by atoms with Gasteiger partial charge in [0.05, 0.1) is 0 Å². The van der Waals surface area contributed by atoms with Crippen LogP contribution < -0.4 is 29.6 Å². The second kappa shape index (κ2) is 22.4. The second-order valence-corrected chi connectivity index (χ2v) is 1.28. The molecule has 0 aliphatic carbocycles. The van der Waals surface area contributed by atoms with Crippen LogP contribution in [-0.4, -0.2) is 44.9 Å². The third-order valence-electron chi connectivity index (χ3n) is 0. The van der Waals surface area contributed by atoms with Crippen molar-refractivity contribution >= 4 is 10.4 Å². The Hall–Kier alpha value is 0.670. The molecule has 9 nitrogen and oxygen atoms in total. The van der Waals surface area contributed by atoms with Crippen molar-refractivity contribution in [3.63, 3.8) is 0 Å². The van der Waals surface area contributed by atoms with Crippen molar-refractivity contribution < 1.29 is 74.5 Å². The summed E-state index contributed by atoms with van der Waals surface area (Å²) in [6, 6.07) is 0. The van der Waals surface area contributed by atoms with Crippen LogP contribution in [0.25, 0.3) is 0 Å².